The van der Waals surface area contributed by atoms with Crippen molar-refractivity contribution in [3.8, 4) is 0 Å². The number of hydrogen-bond donors (Lipinski definition) is 1. The molecule has 1 amide bonds. The van der Waals surface area contributed by atoms with Crippen molar-refractivity contribution in [3.63, 3.8) is 0 Å². The summed E-state index contributed by atoms with van der Waals surface area (Å²) in [6, 6.07) is 10.0. The Balaban J connectivity index is 1.79. The number of piperidine rings is 1. The maximum absolute atomic E-state index is 11.9. The predicted molar refractivity (Wildman–Crippen MR) is 59.5 cm³/mol. The molecule has 1 N–H and O–H groups in total. The van der Waals surface area contributed by atoms with Gasteiger partial charge in [0.2, 0.25) is 5.91 Å². The van der Waals surface area contributed by atoms with Gasteiger partial charge in [-0.1, -0.05) is 30.3 Å². The first-order valence-electron chi connectivity index (χ1n) is 5.78. The Labute approximate surface area is 94.7 Å². The van der Waals surface area contributed by atoms with E-state index in [4.69, 9.17) is 0 Å². The number of likely N-dealkylation sites (tertiary alicyclic amines) is 1. The lowest BCUT2D eigenvalue weighted by Gasteiger charge is -2.30. The highest BCUT2D eigenvalue weighted by Crippen LogP contribution is 2.39. The maximum Gasteiger partial charge on any atom is 0.226 e. The van der Waals surface area contributed by atoms with E-state index in [-0.39, 0.29) is 24.0 Å². The van der Waals surface area contributed by atoms with E-state index in [1.807, 2.05) is 35.2 Å². The lowest BCUT2D eigenvalue weighted by Crippen LogP contribution is -2.43. The Morgan fingerprint density at radius 2 is 2.00 bits per heavy atom. The van der Waals surface area contributed by atoms with Crippen molar-refractivity contribution in [2.75, 3.05) is 0 Å². The molecule has 3 heteroatoms. The molecular formula is C13H15NO2. The molecule has 16 heavy (non-hydrogen) atoms. The van der Waals surface area contributed by atoms with E-state index in [1.54, 1.807) is 0 Å². The fourth-order valence-corrected chi connectivity index (χ4v) is 2.90. The smallest absolute Gasteiger partial charge is 0.226 e. The normalized spacial score (nSPS) is 32.4. The molecule has 2 aliphatic rings. The van der Waals surface area contributed by atoms with Crippen LogP contribution in [0.25, 0.3) is 0 Å². The second-order valence-electron chi connectivity index (χ2n) is 4.75. The van der Waals surface area contributed by atoms with Gasteiger partial charge >= 0.3 is 0 Å². The van der Waals surface area contributed by atoms with E-state index < -0.39 is 0 Å². The van der Waals surface area contributed by atoms with Gasteiger partial charge in [0.25, 0.3) is 0 Å². The van der Waals surface area contributed by atoms with E-state index in [2.05, 4.69) is 0 Å². The minimum atomic E-state index is -0.314. The first kappa shape index (κ1) is 9.85. The van der Waals surface area contributed by atoms with Crippen molar-refractivity contribution in [1.82, 2.24) is 4.90 Å². The van der Waals surface area contributed by atoms with Crippen LogP contribution in [0.1, 0.15) is 18.4 Å². The molecule has 1 aliphatic carbocycles. The van der Waals surface area contributed by atoms with E-state index in [9.17, 15) is 9.90 Å². The zero-order chi connectivity index (χ0) is 11.1. The van der Waals surface area contributed by atoms with Gasteiger partial charge in [-0.2, -0.15) is 0 Å². The molecule has 1 saturated heterocycles. The first-order valence-corrected chi connectivity index (χ1v) is 5.78. The zero-order valence-corrected chi connectivity index (χ0v) is 9.04. The third-order valence-electron chi connectivity index (χ3n) is 3.72. The van der Waals surface area contributed by atoms with Crippen molar-refractivity contribution in [1.29, 1.82) is 0 Å². The lowest BCUT2D eigenvalue weighted by molar-refractivity contribution is -0.138. The van der Waals surface area contributed by atoms with Gasteiger partial charge in [0.05, 0.1) is 12.1 Å². The van der Waals surface area contributed by atoms with Crippen molar-refractivity contribution in [2.24, 2.45) is 5.92 Å². The molecule has 2 bridgehead atoms. The van der Waals surface area contributed by atoms with Crippen molar-refractivity contribution < 1.29 is 9.90 Å². The number of fused-ring (bicyclic) bond motifs is 2. The van der Waals surface area contributed by atoms with Crippen LogP contribution in [0.5, 0.6) is 0 Å². The summed E-state index contributed by atoms with van der Waals surface area (Å²) in [7, 11) is 0. The summed E-state index contributed by atoms with van der Waals surface area (Å²) in [5.41, 5.74) is 1.13. The van der Waals surface area contributed by atoms with Gasteiger partial charge in [0.1, 0.15) is 0 Å². The average molecular weight is 217 g/mol. The van der Waals surface area contributed by atoms with E-state index in [0.717, 1.165) is 12.0 Å². The Morgan fingerprint density at radius 3 is 2.69 bits per heavy atom. The number of carbonyl (C=O) groups excluding carboxylic acids is 1. The molecule has 1 aromatic rings. The van der Waals surface area contributed by atoms with Gasteiger partial charge in [-0.25, -0.2) is 0 Å². The molecule has 3 rings (SSSR count). The highest BCUT2D eigenvalue weighted by Gasteiger charge is 2.49. The molecule has 1 saturated carbocycles. The van der Waals surface area contributed by atoms with Crippen LogP contribution in [0.4, 0.5) is 0 Å². The molecule has 0 aromatic heterocycles. The number of benzene rings is 1. The zero-order valence-electron chi connectivity index (χ0n) is 9.04. The fraction of sp³-hybridized carbons (Fsp3) is 0.462. The molecule has 84 valence electrons. The SMILES string of the molecule is O=C1C2CC(O)C(C2)N1Cc1ccccc1. The molecule has 0 spiro atoms. The van der Waals surface area contributed by atoms with Gasteiger partial charge in [-0.3, -0.25) is 4.79 Å². The second kappa shape index (κ2) is 3.59. The summed E-state index contributed by atoms with van der Waals surface area (Å²) in [6.45, 7) is 0.637. The number of hydrogen-bond acceptors (Lipinski definition) is 2. The minimum Gasteiger partial charge on any atom is -0.391 e. The van der Waals surface area contributed by atoms with Crippen LogP contribution >= 0.6 is 0 Å². The predicted octanol–water partition coefficient (Wildman–Crippen LogP) is 1.17. The first-order chi connectivity index (χ1) is 7.75. The Hall–Kier alpha value is -1.35. The van der Waals surface area contributed by atoms with Gasteiger partial charge < -0.3 is 10.0 Å². The molecule has 3 nitrogen and oxygen atoms in total. The number of amides is 1. The molecule has 3 atom stereocenters. The molecule has 1 heterocycles. The largest absolute Gasteiger partial charge is 0.391 e. The number of aliphatic hydroxyl groups is 1. The third-order valence-corrected chi connectivity index (χ3v) is 3.72. The van der Waals surface area contributed by atoms with Crippen LogP contribution in [-0.4, -0.2) is 28.1 Å². The number of nitrogens with zero attached hydrogens (tertiary/aromatic N) is 1. The Bertz CT molecular complexity index is 404. The number of aliphatic hydroxyl groups excluding tert-OH is 1. The highest BCUT2D eigenvalue weighted by molar-refractivity contribution is 5.82. The van der Waals surface area contributed by atoms with Crippen LogP contribution in [0.2, 0.25) is 0 Å². The molecular weight excluding hydrogens is 202 g/mol. The third kappa shape index (κ3) is 1.43. The number of carbonyl (C=O) groups is 1. The van der Waals surface area contributed by atoms with Crippen molar-refractivity contribution in [3.05, 3.63) is 35.9 Å². The van der Waals surface area contributed by atoms with Gasteiger partial charge in [-0.05, 0) is 18.4 Å². The van der Waals surface area contributed by atoms with Crippen molar-refractivity contribution >= 4 is 5.91 Å². The van der Waals surface area contributed by atoms with E-state index in [0.29, 0.717) is 13.0 Å². The topological polar surface area (TPSA) is 40.5 Å². The van der Waals surface area contributed by atoms with Crippen LogP contribution in [0.3, 0.4) is 0 Å². The maximum atomic E-state index is 11.9. The average Bonchev–Trinajstić information content (AvgIpc) is 2.80. The summed E-state index contributed by atoms with van der Waals surface area (Å²) < 4.78 is 0. The molecule has 0 radical (unpaired) electrons. The summed E-state index contributed by atoms with van der Waals surface area (Å²) in [5.74, 6) is 0.294. The monoisotopic (exact) mass is 217 g/mol. The highest BCUT2D eigenvalue weighted by atomic mass is 16.3. The van der Waals surface area contributed by atoms with Crippen LogP contribution in [0, 0.1) is 5.92 Å². The van der Waals surface area contributed by atoms with Gasteiger partial charge in [0, 0.05) is 12.5 Å². The second-order valence-corrected chi connectivity index (χ2v) is 4.75. The van der Waals surface area contributed by atoms with Crippen LogP contribution in [0.15, 0.2) is 30.3 Å². The summed E-state index contributed by atoms with van der Waals surface area (Å²) in [4.78, 5) is 13.8. The van der Waals surface area contributed by atoms with E-state index in [1.165, 1.54) is 0 Å². The van der Waals surface area contributed by atoms with Gasteiger partial charge in [0.15, 0.2) is 0 Å². The summed E-state index contributed by atoms with van der Waals surface area (Å²) in [5, 5.41) is 9.79. The Kier molecular flexibility index (Phi) is 2.21. The lowest BCUT2D eigenvalue weighted by atomic mass is 10.1. The minimum absolute atomic E-state index is 0.0534. The summed E-state index contributed by atoms with van der Waals surface area (Å²) in [6.07, 6.45) is 1.19. The quantitative estimate of drug-likeness (QED) is 0.807. The number of rotatable bonds is 2. The molecule has 3 unspecified atom stereocenters. The Morgan fingerprint density at radius 1 is 1.25 bits per heavy atom. The van der Waals surface area contributed by atoms with Crippen molar-refractivity contribution in [2.45, 2.75) is 31.5 Å². The molecule has 1 aliphatic heterocycles. The fourth-order valence-electron chi connectivity index (χ4n) is 2.90. The summed E-state index contributed by atoms with van der Waals surface area (Å²) >= 11 is 0. The van der Waals surface area contributed by atoms with Gasteiger partial charge in [-0.15, -0.1) is 0 Å². The molecule has 1 aromatic carbocycles. The van der Waals surface area contributed by atoms with E-state index >= 15 is 0 Å². The van der Waals surface area contributed by atoms with Crippen LogP contribution < -0.4 is 0 Å². The standard InChI is InChI=1S/C13H15NO2/c15-12-7-10-6-11(12)14(13(10)16)8-9-4-2-1-3-5-9/h1-5,10-12,15H,6-8H2. The molecule has 2 fully saturated rings. The van der Waals surface area contributed by atoms with Crippen LogP contribution in [-0.2, 0) is 11.3 Å².